The smallest absolute Gasteiger partial charge is 0.321 e. The Bertz CT molecular complexity index is 853. The zero-order valence-electron chi connectivity index (χ0n) is 17.2. The van der Waals surface area contributed by atoms with Gasteiger partial charge in [-0.15, -0.1) is 11.8 Å². The summed E-state index contributed by atoms with van der Waals surface area (Å²) in [6.45, 7) is 3.09. The van der Waals surface area contributed by atoms with E-state index in [1.54, 1.807) is 18.8 Å². The maximum Gasteiger partial charge on any atom is 0.321 e. The van der Waals surface area contributed by atoms with Crippen molar-refractivity contribution in [1.82, 2.24) is 15.5 Å². The molecule has 1 aliphatic heterocycles. The quantitative estimate of drug-likeness (QED) is 0.255. The highest BCUT2D eigenvalue weighted by molar-refractivity contribution is 7.99. The van der Waals surface area contributed by atoms with E-state index in [1.807, 2.05) is 53.4 Å². The summed E-state index contributed by atoms with van der Waals surface area (Å²) in [7, 11) is 1.76. The van der Waals surface area contributed by atoms with E-state index in [4.69, 9.17) is 11.6 Å². The summed E-state index contributed by atoms with van der Waals surface area (Å²) < 4.78 is 0. The van der Waals surface area contributed by atoms with E-state index in [0.29, 0.717) is 6.54 Å². The van der Waals surface area contributed by atoms with E-state index < -0.39 is 0 Å². The first-order valence-corrected chi connectivity index (χ1v) is 11.5. The van der Waals surface area contributed by atoms with Crippen molar-refractivity contribution in [3.8, 4) is 0 Å². The molecule has 2 aromatic carbocycles. The average molecular weight is 446 g/mol. The Balaban J connectivity index is 1.40. The number of urea groups is 1. The van der Waals surface area contributed by atoms with Crippen molar-refractivity contribution in [2.24, 2.45) is 4.99 Å². The first kappa shape index (κ1) is 22.3. The summed E-state index contributed by atoms with van der Waals surface area (Å²) in [5, 5.41) is 10.4. The van der Waals surface area contributed by atoms with Gasteiger partial charge in [0, 0.05) is 54.6 Å². The molecule has 0 radical (unpaired) electrons. The molecule has 160 valence electrons. The third-order valence-electron chi connectivity index (χ3n) is 4.73. The number of hydrogen-bond donors (Lipinski definition) is 3. The molecule has 30 heavy (non-hydrogen) atoms. The van der Waals surface area contributed by atoms with Gasteiger partial charge in [-0.2, -0.15) is 0 Å². The van der Waals surface area contributed by atoms with Crippen LogP contribution in [-0.2, 0) is 6.54 Å². The van der Waals surface area contributed by atoms with Crippen molar-refractivity contribution >= 4 is 41.0 Å². The lowest BCUT2D eigenvalue weighted by atomic mass is 10.2. The second-order valence-electron chi connectivity index (χ2n) is 6.98. The van der Waals surface area contributed by atoms with Crippen LogP contribution < -0.4 is 16.0 Å². The first-order valence-electron chi connectivity index (χ1n) is 10.1. The van der Waals surface area contributed by atoms with Crippen molar-refractivity contribution in [3.05, 3.63) is 59.1 Å². The molecule has 2 aromatic rings. The van der Waals surface area contributed by atoms with Crippen LogP contribution in [0.1, 0.15) is 18.4 Å². The molecule has 0 spiro atoms. The molecule has 1 fully saturated rings. The number of aliphatic imine (C=N–C) groups is 1. The Morgan fingerprint density at radius 3 is 2.63 bits per heavy atom. The molecule has 0 atom stereocenters. The van der Waals surface area contributed by atoms with Crippen LogP contribution in [0.3, 0.4) is 0 Å². The molecule has 8 heteroatoms. The van der Waals surface area contributed by atoms with Crippen LogP contribution in [0.2, 0.25) is 5.02 Å². The van der Waals surface area contributed by atoms with E-state index in [2.05, 4.69) is 20.9 Å². The number of thioether (sulfide) groups is 1. The Labute approximate surface area is 187 Å². The molecule has 0 aliphatic carbocycles. The fraction of sp³-hybridized carbons (Fsp3) is 0.364. The van der Waals surface area contributed by atoms with Gasteiger partial charge in [-0.1, -0.05) is 23.7 Å². The van der Waals surface area contributed by atoms with Gasteiger partial charge < -0.3 is 20.9 Å². The van der Waals surface area contributed by atoms with E-state index >= 15 is 0 Å². The van der Waals surface area contributed by atoms with Crippen LogP contribution >= 0.6 is 23.4 Å². The van der Waals surface area contributed by atoms with E-state index in [1.165, 1.54) is 4.90 Å². The predicted octanol–water partition coefficient (Wildman–Crippen LogP) is 4.43. The molecule has 3 N–H and O–H groups in total. The largest absolute Gasteiger partial charge is 0.356 e. The highest BCUT2D eigenvalue weighted by Gasteiger charge is 2.17. The highest BCUT2D eigenvalue weighted by atomic mass is 35.5. The second-order valence-corrected chi connectivity index (χ2v) is 8.58. The minimum atomic E-state index is -0.0201. The van der Waals surface area contributed by atoms with Crippen LogP contribution in [0.15, 0.2) is 58.4 Å². The Hall–Kier alpha value is -2.38. The average Bonchev–Trinajstić information content (AvgIpc) is 3.30. The normalized spacial score (nSPS) is 13.9. The van der Waals surface area contributed by atoms with Crippen LogP contribution in [0, 0.1) is 0 Å². The Morgan fingerprint density at radius 1 is 1.13 bits per heavy atom. The monoisotopic (exact) mass is 445 g/mol. The summed E-state index contributed by atoms with van der Waals surface area (Å²) >= 11 is 7.68. The Kier molecular flexibility index (Phi) is 8.71. The summed E-state index contributed by atoms with van der Waals surface area (Å²) in [5.41, 5.74) is 1.89. The molecule has 2 amide bonds. The second kappa shape index (κ2) is 11.7. The molecule has 0 bridgehead atoms. The summed E-state index contributed by atoms with van der Waals surface area (Å²) in [4.78, 5) is 19.6. The number of benzene rings is 2. The fourth-order valence-electron chi connectivity index (χ4n) is 3.16. The molecule has 0 unspecified atom stereocenters. The minimum absolute atomic E-state index is 0.0201. The lowest BCUT2D eigenvalue weighted by Crippen LogP contribution is -2.38. The molecule has 0 aromatic heterocycles. The molecule has 1 aliphatic rings. The van der Waals surface area contributed by atoms with Gasteiger partial charge >= 0.3 is 6.03 Å². The summed E-state index contributed by atoms with van der Waals surface area (Å²) in [6, 6.07) is 15.7. The third kappa shape index (κ3) is 7.15. The number of carbonyl (C=O) groups excluding carboxylic acids is 1. The number of likely N-dealkylation sites (tertiary alicyclic amines) is 1. The number of halogens is 1. The molecule has 1 saturated heterocycles. The van der Waals surface area contributed by atoms with Gasteiger partial charge in [-0.05, 0) is 54.8 Å². The van der Waals surface area contributed by atoms with Crippen molar-refractivity contribution < 1.29 is 4.79 Å². The van der Waals surface area contributed by atoms with Gasteiger partial charge in [0.05, 0.1) is 0 Å². The number of nitrogens with zero attached hydrogens (tertiary/aromatic N) is 2. The molecule has 6 nitrogen and oxygen atoms in total. The number of hydrogen-bond acceptors (Lipinski definition) is 3. The number of guanidine groups is 1. The van der Waals surface area contributed by atoms with Gasteiger partial charge in [0.25, 0.3) is 0 Å². The van der Waals surface area contributed by atoms with Crippen LogP contribution in [-0.4, -0.2) is 49.3 Å². The van der Waals surface area contributed by atoms with Gasteiger partial charge in [0.2, 0.25) is 0 Å². The summed E-state index contributed by atoms with van der Waals surface area (Å²) in [6.07, 6.45) is 2.17. The highest BCUT2D eigenvalue weighted by Crippen LogP contribution is 2.19. The van der Waals surface area contributed by atoms with Gasteiger partial charge in [0.1, 0.15) is 0 Å². The lowest BCUT2D eigenvalue weighted by molar-refractivity contribution is 0.222. The van der Waals surface area contributed by atoms with Crippen LogP contribution in [0.5, 0.6) is 0 Å². The zero-order chi connectivity index (χ0) is 21.2. The topological polar surface area (TPSA) is 68.8 Å². The number of carbonyl (C=O) groups is 1. The number of nitrogens with one attached hydrogen (secondary N) is 3. The number of rotatable bonds is 7. The third-order valence-corrected chi connectivity index (χ3v) is 6.00. The maximum atomic E-state index is 12.3. The van der Waals surface area contributed by atoms with E-state index in [-0.39, 0.29) is 6.03 Å². The molecule has 0 saturated carbocycles. The van der Waals surface area contributed by atoms with Crippen LogP contribution in [0.4, 0.5) is 10.5 Å². The maximum absolute atomic E-state index is 12.3. The summed E-state index contributed by atoms with van der Waals surface area (Å²) in [5.74, 6) is 1.67. The fourth-order valence-corrected chi connectivity index (χ4v) is 4.05. The van der Waals surface area contributed by atoms with E-state index in [0.717, 1.165) is 60.5 Å². The van der Waals surface area contributed by atoms with Crippen molar-refractivity contribution in [3.63, 3.8) is 0 Å². The number of amides is 2. The molecule has 3 rings (SSSR count). The number of anilines is 1. The van der Waals surface area contributed by atoms with E-state index in [9.17, 15) is 4.79 Å². The SMILES string of the molecule is CN=C(NCCSc1ccc(Cl)cc1)NCc1cccc(NC(=O)N2CCCC2)c1. The molecular weight excluding hydrogens is 418 g/mol. The predicted molar refractivity (Wildman–Crippen MR) is 127 cm³/mol. The van der Waals surface area contributed by atoms with Gasteiger partial charge in [-0.3, -0.25) is 4.99 Å². The molecular formula is C22H28ClN5OS. The standard InChI is InChI=1S/C22H28ClN5OS/c1-24-21(25-11-14-30-20-9-7-18(23)8-10-20)26-16-17-5-4-6-19(15-17)27-22(29)28-12-2-3-13-28/h4-10,15H,2-3,11-14,16H2,1H3,(H,27,29)(H2,24,25,26). The van der Waals surface area contributed by atoms with Crippen molar-refractivity contribution in [2.45, 2.75) is 24.3 Å². The Morgan fingerprint density at radius 2 is 1.90 bits per heavy atom. The lowest BCUT2D eigenvalue weighted by Gasteiger charge is -2.17. The van der Waals surface area contributed by atoms with Crippen molar-refractivity contribution in [1.29, 1.82) is 0 Å². The minimum Gasteiger partial charge on any atom is -0.356 e. The zero-order valence-corrected chi connectivity index (χ0v) is 18.7. The van der Waals surface area contributed by atoms with Gasteiger partial charge in [-0.25, -0.2) is 4.79 Å². The van der Waals surface area contributed by atoms with Crippen molar-refractivity contribution in [2.75, 3.05) is 37.8 Å². The first-order chi connectivity index (χ1) is 14.6. The molecule has 1 heterocycles. The van der Waals surface area contributed by atoms with Crippen LogP contribution in [0.25, 0.3) is 0 Å². The van der Waals surface area contributed by atoms with Gasteiger partial charge in [0.15, 0.2) is 5.96 Å².